The number of ether oxygens (including phenoxy) is 1. The fraction of sp³-hybridized carbons (Fsp3) is 0.500. The number of esters is 1. The highest BCUT2D eigenvalue weighted by Crippen LogP contribution is 2.32. The van der Waals surface area contributed by atoms with Crippen molar-refractivity contribution < 1.29 is 27.8 Å². The molecule has 1 aromatic rings. The van der Waals surface area contributed by atoms with Gasteiger partial charge >= 0.3 is 12.1 Å². The zero-order chi connectivity index (χ0) is 17.1. The van der Waals surface area contributed by atoms with E-state index in [4.69, 9.17) is 4.74 Å². The van der Waals surface area contributed by atoms with Crippen LogP contribution in [0.1, 0.15) is 37.8 Å². The van der Waals surface area contributed by atoms with Crippen molar-refractivity contribution in [1.29, 1.82) is 0 Å². The minimum Gasteiger partial charge on any atom is -0.460 e. The number of hydrogen-bond donors (Lipinski definition) is 1. The maximum atomic E-state index is 12.5. The predicted molar refractivity (Wildman–Crippen MR) is 76.0 cm³/mol. The number of halogens is 3. The van der Waals surface area contributed by atoms with E-state index in [0.717, 1.165) is 12.1 Å². The Bertz CT molecular complexity index is 501. The molecular weight excluding hydrogens is 297 g/mol. The van der Waals surface area contributed by atoms with Gasteiger partial charge in [0.15, 0.2) is 0 Å². The lowest BCUT2D eigenvalue weighted by atomic mass is 9.87. The van der Waals surface area contributed by atoms with Crippen molar-refractivity contribution in [2.24, 2.45) is 5.92 Å². The normalized spacial score (nSPS) is 15.3. The van der Waals surface area contributed by atoms with Crippen molar-refractivity contribution in [2.45, 2.75) is 38.5 Å². The Morgan fingerprint density at radius 1 is 1.23 bits per heavy atom. The molecule has 1 radical (unpaired) electrons. The van der Waals surface area contributed by atoms with Gasteiger partial charge in [-0.1, -0.05) is 12.1 Å². The van der Waals surface area contributed by atoms with Gasteiger partial charge in [0.05, 0.1) is 18.1 Å². The van der Waals surface area contributed by atoms with Crippen LogP contribution < -0.4 is 0 Å². The lowest BCUT2D eigenvalue weighted by Crippen LogP contribution is -2.33. The van der Waals surface area contributed by atoms with Crippen LogP contribution in [0.3, 0.4) is 0 Å². The number of benzene rings is 1. The smallest absolute Gasteiger partial charge is 0.416 e. The van der Waals surface area contributed by atoms with Gasteiger partial charge in [-0.3, -0.25) is 4.79 Å². The Labute approximate surface area is 128 Å². The summed E-state index contributed by atoms with van der Waals surface area (Å²) in [5.41, 5.74) is -1.07. The molecule has 0 aliphatic heterocycles. The molecule has 0 saturated carbocycles. The molecule has 0 amide bonds. The minimum atomic E-state index is -4.42. The molecule has 0 aromatic heterocycles. The monoisotopic (exact) mass is 317 g/mol. The van der Waals surface area contributed by atoms with Crippen molar-refractivity contribution in [3.8, 4) is 0 Å². The van der Waals surface area contributed by atoms with Gasteiger partial charge in [0.2, 0.25) is 0 Å². The first-order valence-electron chi connectivity index (χ1n) is 6.79. The van der Waals surface area contributed by atoms with Crippen LogP contribution in [0.25, 0.3) is 0 Å². The molecule has 1 N–H and O–H groups in total. The Morgan fingerprint density at radius 2 is 1.73 bits per heavy atom. The number of alkyl halides is 3. The van der Waals surface area contributed by atoms with Crippen LogP contribution >= 0.6 is 0 Å². The molecule has 2 atom stereocenters. The molecule has 0 saturated heterocycles. The van der Waals surface area contributed by atoms with Gasteiger partial charge in [-0.05, 0) is 51.3 Å². The number of aliphatic hydroxyl groups excluding tert-OH is 1. The lowest BCUT2D eigenvalue weighted by Gasteiger charge is -2.26. The number of aliphatic hydroxyl groups is 1. The van der Waals surface area contributed by atoms with Crippen LogP contribution in [-0.4, -0.2) is 23.3 Å². The van der Waals surface area contributed by atoms with E-state index in [1.54, 1.807) is 20.8 Å². The van der Waals surface area contributed by atoms with Crippen molar-refractivity contribution in [2.75, 3.05) is 6.61 Å². The van der Waals surface area contributed by atoms with Crippen LogP contribution in [0, 0.1) is 12.8 Å². The van der Waals surface area contributed by atoms with Crippen molar-refractivity contribution >= 4 is 5.97 Å². The molecule has 0 fully saturated rings. The maximum Gasteiger partial charge on any atom is 0.416 e. The van der Waals surface area contributed by atoms with Crippen LogP contribution in [0.5, 0.6) is 0 Å². The highest BCUT2D eigenvalue weighted by atomic mass is 19.4. The lowest BCUT2D eigenvalue weighted by molar-refractivity contribution is -0.161. The van der Waals surface area contributed by atoms with E-state index in [9.17, 15) is 23.1 Å². The van der Waals surface area contributed by atoms with E-state index in [2.05, 4.69) is 6.92 Å². The average Bonchev–Trinajstić information content (AvgIpc) is 2.36. The van der Waals surface area contributed by atoms with Gasteiger partial charge in [0.25, 0.3) is 0 Å². The van der Waals surface area contributed by atoms with Crippen LogP contribution in [-0.2, 0) is 15.7 Å². The maximum absolute atomic E-state index is 12.5. The third-order valence-electron chi connectivity index (χ3n) is 3.06. The summed E-state index contributed by atoms with van der Waals surface area (Å²) in [6.07, 6.45) is -4.42. The van der Waals surface area contributed by atoms with Crippen LogP contribution in [0.2, 0.25) is 0 Å². The van der Waals surface area contributed by atoms with E-state index < -0.39 is 41.8 Å². The van der Waals surface area contributed by atoms with Gasteiger partial charge < -0.3 is 9.84 Å². The molecule has 22 heavy (non-hydrogen) atoms. The third kappa shape index (κ3) is 5.02. The number of carbonyl (C=O) groups excluding carboxylic acids is 1. The molecule has 0 aliphatic rings. The van der Waals surface area contributed by atoms with Gasteiger partial charge in [-0.25, -0.2) is 0 Å². The molecule has 0 bridgehead atoms. The van der Waals surface area contributed by atoms with E-state index in [0.29, 0.717) is 5.56 Å². The van der Waals surface area contributed by atoms with Gasteiger partial charge in [0, 0.05) is 0 Å². The topological polar surface area (TPSA) is 46.5 Å². The summed E-state index contributed by atoms with van der Waals surface area (Å²) in [6, 6.07) is 4.37. The van der Waals surface area contributed by atoms with E-state index in [1.165, 1.54) is 12.1 Å². The first kappa shape index (κ1) is 18.5. The molecule has 1 rings (SSSR count). The summed E-state index contributed by atoms with van der Waals surface area (Å²) in [5, 5.41) is 9.39. The second-order valence-electron chi connectivity index (χ2n) is 6.05. The summed E-state index contributed by atoms with van der Waals surface area (Å²) in [7, 11) is 0. The summed E-state index contributed by atoms with van der Waals surface area (Å²) in [5.74, 6) is -2.27. The van der Waals surface area contributed by atoms with E-state index >= 15 is 0 Å². The number of carbonyl (C=O) groups is 1. The summed E-state index contributed by atoms with van der Waals surface area (Å²) in [4.78, 5) is 12.0. The largest absolute Gasteiger partial charge is 0.460 e. The summed E-state index contributed by atoms with van der Waals surface area (Å²) in [6.45, 7) is 8.35. The number of rotatable bonds is 4. The highest BCUT2D eigenvalue weighted by Gasteiger charge is 2.32. The fourth-order valence-electron chi connectivity index (χ4n) is 1.90. The molecule has 6 heteroatoms. The van der Waals surface area contributed by atoms with E-state index in [-0.39, 0.29) is 0 Å². The first-order chi connectivity index (χ1) is 9.95. The predicted octanol–water partition coefficient (Wildman–Crippen LogP) is 3.57. The fourth-order valence-corrected chi connectivity index (χ4v) is 1.90. The molecule has 0 spiro atoms. The quantitative estimate of drug-likeness (QED) is 0.864. The summed E-state index contributed by atoms with van der Waals surface area (Å²) >= 11 is 0. The SMILES string of the molecule is [CH2][C@H](c1ccc(C(F)(F)F)cc1)[C@@H](CO)C(=O)OC(C)(C)C. The summed E-state index contributed by atoms with van der Waals surface area (Å²) < 4.78 is 42.8. The zero-order valence-electron chi connectivity index (χ0n) is 12.8. The minimum absolute atomic E-state index is 0.429. The second-order valence-corrected chi connectivity index (χ2v) is 6.05. The molecule has 3 nitrogen and oxygen atoms in total. The Balaban J connectivity index is 2.92. The van der Waals surface area contributed by atoms with Crippen LogP contribution in [0.4, 0.5) is 13.2 Å². The Morgan fingerprint density at radius 3 is 2.09 bits per heavy atom. The van der Waals surface area contributed by atoms with Crippen molar-refractivity contribution in [3.63, 3.8) is 0 Å². The van der Waals surface area contributed by atoms with E-state index in [1.807, 2.05) is 0 Å². The van der Waals surface area contributed by atoms with Gasteiger partial charge in [-0.2, -0.15) is 13.2 Å². The van der Waals surface area contributed by atoms with Crippen molar-refractivity contribution in [3.05, 3.63) is 42.3 Å². The molecular formula is C16H20F3O3. The molecule has 123 valence electrons. The van der Waals surface area contributed by atoms with Gasteiger partial charge in [-0.15, -0.1) is 0 Å². The molecule has 0 heterocycles. The highest BCUT2D eigenvalue weighted by molar-refractivity contribution is 5.74. The standard InChI is InChI=1S/C16H20F3O3/c1-10(13(9-20)14(21)22-15(2,3)4)11-5-7-12(8-6-11)16(17,18)19/h5-8,10,13,20H,1,9H2,2-4H3/t10-,13-/m1/s1. The molecule has 0 unspecified atom stereocenters. The van der Waals surface area contributed by atoms with Crippen molar-refractivity contribution in [1.82, 2.24) is 0 Å². The Kier molecular flexibility index (Phi) is 5.62. The number of hydrogen-bond acceptors (Lipinski definition) is 3. The molecule has 1 aromatic carbocycles. The Hall–Kier alpha value is -1.56. The molecule has 0 aliphatic carbocycles. The third-order valence-corrected chi connectivity index (χ3v) is 3.06. The zero-order valence-corrected chi connectivity index (χ0v) is 12.8. The average molecular weight is 317 g/mol. The van der Waals surface area contributed by atoms with Crippen LogP contribution in [0.15, 0.2) is 24.3 Å². The second kappa shape index (κ2) is 6.69. The van der Waals surface area contributed by atoms with Gasteiger partial charge in [0.1, 0.15) is 5.60 Å². The first-order valence-corrected chi connectivity index (χ1v) is 6.79.